The third kappa shape index (κ3) is 4.42. The van der Waals surface area contributed by atoms with Gasteiger partial charge in [-0.15, -0.1) is 0 Å². The molecule has 5 rings (SSSR count). The highest BCUT2D eigenvalue weighted by atomic mass is 19.3. The number of aromatic nitrogens is 5. The van der Waals surface area contributed by atoms with Crippen molar-refractivity contribution in [2.45, 2.75) is 20.0 Å². The minimum atomic E-state index is -2.94. The van der Waals surface area contributed by atoms with Gasteiger partial charge >= 0.3 is 6.61 Å². The first-order chi connectivity index (χ1) is 16.9. The molecule has 0 spiro atoms. The number of benzene rings is 2. The van der Waals surface area contributed by atoms with Gasteiger partial charge in [0.15, 0.2) is 0 Å². The monoisotopic (exact) mass is 477 g/mol. The fourth-order valence-corrected chi connectivity index (χ4v) is 3.85. The van der Waals surface area contributed by atoms with Crippen LogP contribution in [-0.4, -0.2) is 37.8 Å². The van der Waals surface area contributed by atoms with Crippen LogP contribution in [-0.2, 0) is 7.05 Å². The van der Waals surface area contributed by atoms with Crippen LogP contribution < -0.4 is 15.0 Å². The van der Waals surface area contributed by atoms with Crippen LogP contribution in [0.15, 0.2) is 65.6 Å². The number of alkyl halides is 2. The van der Waals surface area contributed by atoms with E-state index < -0.39 is 12.2 Å². The minimum absolute atomic E-state index is 0.00982. The fourth-order valence-electron chi connectivity index (χ4n) is 3.85. The highest BCUT2D eigenvalue weighted by Gasteiger charge is 2.18. The summed E-state index contributed by atoms with van der Waals surface area (Å²) < 4.78 is 38.3. The van der Waals surface area contributed by atoms with Crippen LogP contribution in [0.1, 0.15) is 13.3 Å². The van der Waals surface area contributed by atoms with Crippen LogP contribution in [0.2, 0.25) is 0 Å². The lowest BCUT2D eigenvalue weighted by molar-refractivity contribution is -0.0498. The predicted octanol–water partition coefficient (Wildman–Crippen LogP) is 4.72. The Labute approximate surface area is 198 Å². The van der Waals surface area contributed by atoms with Crippen molar-refractivity contribution in [3.05, 3.63) is 71.1 Å². The predicted molar refractivity (Wildman–Crippen MR) is 127 cm³/mol. The first-order valence-corrected chi connectivity index (χ1v) is 11.0. The van der Waals surface area contributed by atoms with Crippen molar-refractivity contribution in [2.24, 2.45) is 7.05 Å². The van der Waals surface area contributed by atoms with Crippen molar-refractivity contribution in [1.82, 2.24) is 24.5 Å². The van der Waals surface area contributed by atoms with Gasteiger partial charge in [0.05, 0.1) is 23.4 Å². The molecule has 0 amide bonds. The molecule has 0 aliphatic heterocycles. The number of rotatable bonds is 7. The van der Waals surface area contributed by atoms with Crippen molar-refractivity contribution in [3.63, 3.8) is 0 Å². The summed E-state index contributed by atoms with van der Waals surface area (Å²) in [5.74, 6) is 0.360. The summed E-state index contributed by atoms with van der Waals surface area (Å²) in [6.07, 6.45) is 2.65. The van der Waals surface area contributed by atoms with Gasteiger partial charge in [-0.2, -0.15) is 23.7 Å². The molecule has 5 aromatic rings. The van der Waals surface area contributed by atoms with Gasteiger partial charge in [0.1, 0.15) is 16.8 Å². The molecule has 10 heteroatoms. The van der Waals surface area contributed by atoms with Gasteiger partial charge in [0.25, 0.3) is 5.56 Å². The Morgan fingerprint density at radius 2 is 1.77 bits per heavy atom. The van der Waals surface area contributed by atoms with Crippen molar-refractivity contribution in [2.75, 3.05) is 6.61 Å². The molecule has 0 saturated carbocycles. The van der Waals surface area contributed by atoms with Gasteiger partial charge in [-0.3, -0.25) is 9.48 Å². The number of halogens is 2. The quantitative estimate of drug-likeness (QED) is 0.337. The molecule has 178 valence electrons. The summed E-state index contributed by atoms with van der Waals surface area (Å²) in [6, 6.07) is 14.7. The van der Waals surface area contributed by atoms with E-state index in [4.69, 9.17) is 4.74 Å². The first-order valence-electron chi connectivity index (χ1n) is 11.0. The summed E-state index contributed by atoms with van der Waals surface area (Å²) in [5.41, 5.74) is 2.52. The van der Waals surface area contributed by atoms with Crippen LogP contribution >= 0.6 is 0 Å². The van der Waals surface area contributed by atoms with E-state index in [-0.39, 0.29) is 11.3 Å². The maximum atomic E-state index is 13.8. The van der Waals surface area contributed by atoms with Gasteiger partial charge in [-0.1, -0.05) is 19.1 Å². The van der Waals surface area contributed by atoms with E-state index in [9.17, 15) is 13.6 Å². The SMILES string of the molecule is CCCOc1ccc2nn(-c3ccc4nn(C)cc4c3)c(=O)c(-c3ccc(OC(F)F)cc3)c2n1. The van der Waals surface area contributed by atoms with Crippen molar-refractivity contribution < 1.29 is 18.3 Å². The molecule has 0 N–H and O–H groups in total. The molecule has 0 bridgehead atoms. The molecule has 0 aliphatic carbocycles. The largest absolute Gasteiger partial charge is 0.478 e. The fraction of sp³-hybridized carbons (Fsp3) is 0.200. The number of hydrogen-bond donors (Lipinski definition) is 0. The zero-order valence-electron chi connectivity index (χ0n) is 19.0. The zero-order valence-corrected chi connectivity index (χ0v) is 19.0. The Morgan fingerprint density at radius 1 is 1.00 bits per heavy atom. The van der Waals surface area contributed by atoms with E-state index in [1.54, 1.807) is 35.0 Å². The van der Waals surface area contributed by atoms with Crippen LogP contribution in [0.4, 0.5) is 8.78 Å². The molecular weight excluding hydrogens is 456 g/mol. The highest BCUT2D eigenvalue weighted by molar-refractivity contribution is 5.91. The molecule has 0 fully saturated rings. The maximum Gasteiger partial charge on any atom is 0.387 e. The Bertz CT molecular complexity index is 1580. The van der Waals surface area contributed by atoms with Crippen LogP contribution in [0.25, 0.3) is 38.8 Å². The number of pyridine rings is 1. The van der Waals surface area contributed by atoms with Crippen LogP contribution in [0.5, 0.6) is 11.6 Å². The number of nitrogens with zero attached hydrogens (tertiary/aromatic N) is 5. The molecule has 35 heavy (non-hydrogen) atoms. The molecule has 8 nitrogen and oxygen atoms in total. The molecule has 0 unspecified atom stereocenters. The molecule has 3 aromatic heterocycles. The number of ether oxygens (including phenoxy) is 2. The average Bonchev–Trinajstić information content (AvgIpc) is 3.22. The molecule has 0 radical (unpaired) electrons. The van der Waals surface area contributed by atoms with Crippen LogP contribution in [0, 0.1) is 0 Å². The first kappa shape index (κ1) is 22.5. The second-order valence-electron chi connectivity index (χ2n) is 7.91. The molecular formula is C25H21F2N5O3. The number of hydrogen-bond acceptors (Lipinski definition) is 6. The summed E-state index contributed by atoms with van der Waals surface area (Å²) >= 11 is 0. The van der Waals surface area contributed by atoms with Crippen LogP contribution in [0.3, 0.4) is 0 Å². The molecule has 0 saturated heterocycles. The van der Waals surface area contributed by atoms with E-state index in [2.05, 4.69) is 19.9 Å². The Kier molecular flexibility index (Phi) is 5.86. The average molecular weight is 477 g/mol. The molecule has 2 aromatic carbocycles. The standard InChI is InChI=1S/C25H21F2N5O3/c1-3-12-34-21-11-10-20-23(28-21)22(15-4-7-18(8-5-15)35-25(26)27)24(33)32(30-20)17-6-9-19-16(13-17)14-31(2)29-19/h4-11,13-14,25H,3,12H2,1-2H3. The van der Waals surface area contributed by atoms with E-state index in [1.165, 1.54) is 16.8 Å². The van der Waals surface area contributed by atoms with Gasteiger partial charge in [-0.25, -0.2) is 4.98 Å². The highest BCUT2D eigenvalue weighted by Crippen LogP contribution is 2.28. The van der Waals surface area contributed by atoms with Gasteiger partial charge < -0.3 is 9.47 Å². The summed E-state index contributed by atoms with van der Waals surface area (Å²) in [7, 11) is 1.82. The van der Waals surface area contributed by atoms with Crippen molar-refractivity contribution in [1.29, 1.82) is 0 Å². The van der Waals surface area contributed by atoms with Gasteiger partial charge in [0, 0.05) is 24.7 Å². The van der Waals surface area contributed by atoms with Crippen molar-refractivity contribution in [3.8, 4) is 28.4 Å². The zero-order chi connectivity index (χ0) is 24.5. The number of fused-ring (bicyclic) bond motifs is 2. The van der Waals surface area contributed by atoms with E-state index in [0.717, 1.165) is 17.3 Å². The molecule has 0 atom stereocenters. The Morgan fingerprint density at radius 3 is 2.51 bits per heavy atom. The van der Waals surface area contributed by atoms with E-state index in [0.29, 0.717) is 34.8 Å². The summed E-state index contributed by atoms with van der Waals surface area (Å²) in [5, 5.41) is 9.78. The lowest BCUT2D eigenvalue weighted by Crippen LogP contribution is -2.23. The second-order valence-corrected chi connectivity index (χ2v) is 7.91. The van der Waals surface area contributed by atoms with Crippen molar-refractivity contribution >= 4 is 21.9 Å². The van der Waals surface area contributed by atoms with Gasteiger partial charge in [-0.05, 0) is 48.4 Å². The lowest BCUT2D eigenvalue weighted by atomic mass is 10.1. The third-order valence-electron chi connectivity index (χ3n) is 5.37. The normalized spacial score (nSPS) is 11.5. The molecule has 3 heterocycles. The smallest absolute Gasteiger partial charge is 0.387 e. The van der Waals surface area contributed by atoms with E-state index >= 15 is 0 Å². The van der Waals surface area contributed by atoms with E-state index in [1.807, 2.05) is 32.3 Å². The summed E-state index contributed by atoms with van der Waals surface area (Å²) in [4.78, 5) is 18.3. The Hall–Kier alpha value is -4.34. The summed E-state index contributed by atoms with van der Waals surface area (Å²) in [6.45, 7) is -0.486. The molecule has 0 aliphatic rings. The second kappa shape index (κ2) is 9.13. The minimum Gasteiger partial charge on any atom is -0.478 e. The lowest BCUT2D eigenvalue weighted by Gasteiger charge is -2.13. The third-order valence-corrected chi connectivity index (χ3v) is 5.37. The maximum absolute atomic E-state index is 13.8. The Balaban J connectivity index is 1.72. The topological polar surface area (TPSA) is 84.1 Å². The number of aryl methyl sites for hydroxylation is 1. The van der Waals surface area contributed by atoms with Gasteiger partial charge in [0.2, 0.25) is 5.88 Å².